The molecule has 2 saturated heterocycles. The van der Waals surface area contributed by atoms with Gasteiger partial charge in [-0.25, -0.2) is 23.1 Å². The predicted octanol–water partition coefficient (Wildman–Crippen LogP) is 8.63. The topological polar surface area (TPSA) is 100 Å². The van der Waals surface area contributed by atoms with Crippen LogP contribution in [0.5, 0.6) is 0 Å². The summed E-state index contributed by atoms with van der Waals surface area (Å²) in [5.41, 5.74) is 5.73. The van der Waals surface area contributed by atoms with Gasteiger partial charge in [0, 0.05) is 29.5 Å². The number of carbonyl (C=O) groups is 2. The molecule has 2 aliphatic heterocycles. The quantitative estimate of drug-likeness (QED) is 0.147. The van der Waals surface area contributed by atoms with Crippen LogP contribution in [0, 0.1) is 19.7 Å². The SMILES string of the molecule is Cc1nc(N[C@H](C)c2cccc(C(F)F)c2F)c2cc(-c3cccc(CN4CCC(c5ccc([C@@]6(C)CCC(=O)NC6=O)cc5C)CC4)c3)ncc2n1. The van der Waals surface area contributed by atoms with Crippen molar-refractivity contribution in [3.05, 3.63) is 118 Å². The first-order valence-corrected chi connectivity index (χ1v) is 18.1. The summed E-state index contributed by atoms with van der Waals surface area (Å²) < 4.78 is 41.8. The highest BCUT2D eigenvalue weighted by atomic mass is 19.3. The summed E-state index contributed by atoms with van der Waals surface area (Å²) >= 11 is 0. The highest BCUT2D eigenvalue weighted by Gasteiger charge is 2.40. The Morgan fingerprint density at radius 2 is 1.74 bits per heavy atom. The van der Waals surface area contributed by atoms with E-state index in [0.717, 1.165) is 55.4 Å². The number of nitrogens with one attached hydrogen (secondary N) is 2. The number of rotatable bonds is 9. The number of fused-ring (bicyclic) bond motifs is 1. The number of amides is 2. The van der Waals surface area contributed by atoms with E-state index in [1.165, 1.54) is 28.8 Å². The monoisotopic (exact) mass is 720 g/mol. The summed E-state index contributed by atoms with van der Waals surface area (Å²) in [7, 11) is 0. The number of aromatic nitrogens is 3. The lowest BCUT2D eigenvalue weighted by molar-refractivity contribution is -0.137. The molecule has 8 nitrogen and oxygen atoms in total. The molecule has 2 fully saturated rings. The molecule has 0 bridgehead atoms. The minimum atomic E-state index is -2.91. The lowest BCUT2D eigenvalue weighted by Crippen LogP contribution is -2.49. The number of likely N-dealkylation sites (tertiary alicyclic amines) is 1. The number of carbonyl (C=O) groups excluding carboxylic acids is 2. The lowest BCUT2D eigenvalue weighted by atomic mass is 9.74. The molecule has 0 unspecified atom stereocenters. The van der Waals surface area contributed by atoms with Crippen LogP contribution in [0.15, 0.2) is 72.9 Å². The van der Waals surface area contributed by atoms with Crippen molar-refractivity contribution in [3.8, 4) is 11.3 Å². The lowest BCUT2D eigenvalue weighted by Gasteiger charge is -2.35. The molecule has 11 heteroatoms. The fourth-order valence-electron chi connectivity index (χ4n) is 7.82. The Labute approximate surface area is 307 Å². The molecular weight excluding hydrogens is 677 g/mol. The Bertz CT molecular complexity index is 2200. The number of hydrogen-bond acceptors (Lipinski definition) is 7. The molecule has 0 aliphatic carbocycles. The van der Waals surface area contributed by atoms with Crippen LogP contribution >= 0.6 is 0 Å². The summed E-state index contributed by atoms with van der Waals surface area (Å²) in [4.78, 5) is 40.8. The van der Waals surface area contributed by atoms with Gasteiger partial charge >= 0.3 is 0 Å². The molecule has 0 radical (unpaired) electrons. The van der Waals surface area contributed by atoms with Gasteiger partial charge in [-0.05, 0) is 100 Å². The van der Waals surface area contributed by atoms with E-state index in [1.54, 1.807) is 20.0 Å². The Hall–Kier alpha value is -5.16. The van der Waals surface area contributed by atoms with Gasteiger partial charge in [0.05, 0.1) is 34.4 Å². The number of nitrogens with zero attached hydrogens (tertiary/aromatic N) is 4. The third-order valence-electron chi connectivity index (χ3n) is 11.0. The molecule has 0 saturated carbocycles. The average molecular weight is 721 g/mol. The summed E-state index contributed by atoms with van der Waals surface area (Å²) in [6.45, 7) is 10.2. The maximum Gasteiger partial charge on any atom is 0.266 e. The molecular formula is C42H43F3N6O2. The normalized spacial score (nSPS) is 19.1. The summed E-state index contributed by atoms with van der Waals surface area (Å²) in [6.07, 6.45) is 1.72. The van der Waals surface area contributed by atoms with E-state index < -0.39 is 29.3 Å². The molecule has 274 valence electrons. The highest BCUT2D eigenvalue weighted by molar-refractivity contribution is 6.03. The van der Waals surface area contributed by atoms with Crippen LogP contribution in [0.4, 0.5) is 19.0 Å². The predicted molar refractivity (Wildman–Crippen MR) is 199 cm³/mol. The van der Waals surface area contributed by atoms with Crippen LogP contribution in [0.3, 0.4) is 0 Å². The molecule has 5 aromatic rings. The third-order valence-corrected chi connectivity index (χ3v) is 11.0. The molecule has 53 heavy (non-hydrogen) atoms. The second-order valence-corrected chi connectivity index (χ2v) is 14.7. The van der Waals surface area contributed by atoms with Crippen LogP contribution in [-0.2, 0) is 21.5 Å². The zero-order valence-electron chi connectivity index (χ0n) is 30.3. The minimum Gasteiger partial charge on any atom is -0.363 e. The van der Waals surface area contributed by atoms with Gasteiger partial charge in [-0.2, -0.15) is 0 Å². The van der Waals surface area contributed by atoms with E-state index in [-0.39, 0.29) is 17.4 Å². The minimum absolute atomic E-state index is 0.130. The van der Waals surface area contributed by atoms with E-state index in [2.05, 4.69) is 62.8 Å². The fraction of sp³-hybridized carbons (Fsp3) is 0.357. The van der Waals surface area contributed by atoms with E-state index in [4.69, 9.17) is 4.98 Å². The smallest absolute Gasteiger partial charge is 0.266 e. The van der Waals surface area contributed by atoms with Crippen molar-refractivity contribution in [1.29, 1.82) is 0 Å². The first kappa shape index (κ1) is 36.2. The standard InChI is InChI=1S/C42H43F3N6O2/c1-24-19-30(42(4)16-13-37(52)50-41(42)53)11-12-31(24)28-14-17-51(18-15-28)23-27-7-5-8-29(20-27)35-21-34-36(22-46-35)48-26(3)49-40(34)47-25(2)32-9-6-10-33(38(32)43)39(44)45/h5-12,19-22,25,28,39H,13-18,23H2,1-4H3,(H,47,48,49)(H,50,52,53)/t25-,42-/m1/s1. The summed E-state index contributed by atoms with van der Waals surface area (Å²) in [5.74, 6) is 0.0575. The van der Waals surface area contributed by atoms with E-state index >= 15 is 0 Å². The molecule has 2 N–H and O–H groups in total. The van der Waals surface area contributed by atoms with Crippen molar-refractivity contribution >= 4 is 28.5 Å². The van der Waals surface area contributed by atoms with Crippen molar-refractivity contribution in [2.75, 3.05) is 18.4 Å². The van der Waals surface area contributed by atoms with Gasteiger partial charge in [-0.3, -0.25) is 24.8 Å². The number of aryl methyl sites for hydroxylation is 2. The first-order chi connectivity index (χ1) is 25.4. The Morgan fingerprint density at radius 1 is 0.981 bits per heavy atom. The van der Waals surface area contributed by atoms with Gasteiger partial charge < -0.3 is 5.32 Å². The second kappa shape index (κ2) is 14.7. The number of pyridine rings is 1. The maximum atomic E-state index is 15.0. The van der Waals surface area contributed by atoms with E-state index in [0.29, 0.717) is 41.3 Å². The third kappa shape index (κ3) is 7.40. The molecule has 2 amide bonds. The highest BCUT2D eigenvalue weighted by Crippen LogP contribution is 2.37. The second-order valence-electron chi connectivity index (χ2n) is 14.7. The average Bonchev–Trinajstić information content (AvgIpc) is 3.13. The van der Waals surface area contributed by atoms with Crippen LogP contribution in [0.25, 0.3) is 22.2 Å². The van der Waals surface area contributed by atoms with Crippen LogP contribution in [0.2, 0.25) is 0 Å². The molecule has 2 aliphatic rings. The van der Waals surface area contributed by atoms with Crippen molar-refractivity contribution in [2.45, 2.75) is 83.7 Å². The van der Waals surface area contributed by atoms with Gasteiger partial charge in [0.1, 0.15) is 17.5 Å². The number of alkyl halides is 2. The zero-order valence-corrected chi connectivity index (χ0v) is 30.3. The van der Waals surface area contributed by atoms with Gasteiger partial charge in [0.25, 0.3) is 6.43 Å². The van der Waals surface area contributed by atoms with E-state index in [1.807, 2.05) is 25.1 Å². The molecule has 2 aromatic heterocycles. The fourth-order valence-corrected chi connectivity index (χ4v) is 7.82. The zero-order chi connectivity index (χ0) is 37.4. The number of piperidine rings is 2. The largest absolute Gasteiger partial charge is 0.363 e. The van der Waals surface area contributed by atoms with Gasteiger partial charge in [-0.1, -0.05) is 54.6 Å². The van der Waals surface area contributed by atoms with Crippen LogP contribution in [-0.4, -0.2) is 44.8 Å². The molecule has 3 aromatic carbocycles. The number of benzene rings is 3. The summed E-state index contributed by atoms with van der Waals surface area (Å²) in [6, 6.07) is 20.0. The first-order valence-electron chi connectivity index (χ1n) is 18.1. The number of imide groups is 1. The Kier molecular flexibility index (Phi) is 10.0. The van der Waals surface area contributed by atoms with Gasteiger partial charge in [-0.15, -0.1) is 0 Å². The molecule has 4 heterocycles. The number of hydrogen-bond donors (Lipinski definition) is 2. The Morgan fingerprint density at radius 3 is 2.47 bits per heavy atom. The van der Waals surface area contributed by atoms with Crippen molar-refractivity contribution in [2.24, 2.45) is 0 Å². The van der Waals surface area contributed by atoms with Crippen molar-refractivity contribution in [3.63, 3.8) is 0 Å². The van der Waals surface area contributed by atoms with E-state index in [9.17, 15) is 22.8 Å². The Balaban J connectivity index is 1.04. The molecule has 7 rings (SSSR count). The maximum absolute atomic E-state index is 15.0. The van der Waals surface area contributed by atoms with Crippen LogP contribution < -0.4 is 10.6 Å². The van der Waals surface area contributed by atoms with Gasteiger partial charge in [0.15, 0.2) is 0 Å². The molecule has 0 spiro atoms. The number of halogens is 3. The van der Waals surface area contributed by atoms with Crippen molar-refractivity contribution < 1.29 is 22.8 Å². The van der Waals surface area contributed by atoms with Gasteiger partial charge in [0.2, 0.25) is 11.8 Å². The van der Waals surface area contributed by atoms with Crippen molar-refractivity contribution in [1.82, 2.24) is 25.2 Å². The van der Waals surface area contributed by atoms with Crippen LogP contribution in [0.1, 0.15) is 97.1 Å². The number of anilines is 1. The molecule has 2 atom stereocenters. The summed E-state index contributed by atoms with van der Waals surface area (Å²) in [5, 5.41) is 6.44.